The van der Waals surface area contributed by atoms with Crippen LogP contribution in [0.2, 0.25) is 0 Å². The van der Waals surface area contributed by atoms with Crippen molar-refractivity contribution in [3.05, 3.63) is 66.0 Å². The van der Waals surface area contributed by atoms with E-state index in [-0.39, 0.29) is 31.4 Å². The van der Waals surface area contributed by atoms with E-state index in [1.165, 1.54) is 6.20 Å². The molecule has 0 saturated carbocycles. The number of pyridine rings is 1. The van der Waals surface area contributed by atoms with Crippen LogP contribution in [0.15, 0.2) is 54.9 Å². The Bertz CT molecular complexity index is 585. The third-order valence-electron chi connectivity index (χ3n) is 2.77. The summed E-state index contributed by atoms with van der Waals surface area (Å²) in [5, 5.41) is 2.66. The van der Waals surface area contributed by atoms with Crippen LogP contribution in [0.4, 0.5) is 0 Å². The van der Waals surface area contributed by atoms with Crippen LogP contribution >= 0.6 is 0 Å². The lowest BCUT2D eigenvalue weighted by atomic mass is 10.2. The normalized spacial score (nSPS) is 9.90. The molecule has 0 saturated heterocycles. The van der Waals surface area contributed by atoms with Gasteiger partial charge in [0, 0.05) is 12.4 Å². The summed E-state index contributed by atoms with van der Waals surface area (Å²) in [6.45, 7) is 0.423. The lowest BCUT2D eigenvalue weighted by Gasteiger charge is -2.06. The van der Waals surface area contributed by atoms with E-state index >= 15 is 0 Å². The minimum absolute atomic E-state index is 0.150. The fraction of sp³-hybridized carbons (Fsp3) is 0.188. The minimum atomic E-state index is -0.308. The molecule has 0 atom stereocenters. The summed E-state index contributed by atoms with van der Waals surface area (Å²) < 4.78 is 5.06. The molecular weight excluding hydrogens is 268 g/mol. The van der Waals surface area contributed by atoms with Gasteiger partial charge in [-0.15, -0.1) is 0 Å². The lowest BCUT2D eigenvalue weighted by molar-refractivity contribution is -0.142. The highest BCUT2D eigenvalue weighted by Gasteiger charge is 2.06. The summed E-state index contributed by atoms with van der Waals surface area (Å²) >= 11 is 0. The van der Waals surface area contributed by atoms with Crippen molar-refractivity contribution in [3.8, 4) is 0 Å². The van der Waals surface area contributed by atoms with E-state index in [0.717, 1.165) is 5.56 Å². The molecule has 1 N–H and O–H groups in total. The fourth-order valence-electron chi connectivity index (χ4n) is 1.74. The molecule has 5 nitrogen and oxygen atoms in total. The molecule has 0 fully saturated rings. The van der Waals surface area contributed by atoms with Gasteiger partial charge in [0.05, 0.1) is 18.5 Å². The number of esters is 1. The van der Waals surface area contributed by atoms with Gasteiger partial charge in [0.25, 0.3) is 5.91 Å². The second-order valence-corrected chi connectivity index (χ2v) is 4.38. The number of hydrogen-bond acceptors (Lipinski definition) is 4. The van der Waals surface area contributed by atoms with Crippen molar-refractivity contribution in [1.29, 1.82) is 0 Å². The Morgan fingerprint density at radius 1 is 1.10 bits per heavy atom. The monoisotopic (exact) mass is 284 g/mol. The van der Waals surface area contributed by atoms with E-state index in [1.807, 2.05) is 30.3 Å². The highest BCUT2D eigenvalue weighted by molar-refractivity contribution is 5.93. The molecule has 1 heterocycles. The van der Waals surface area contributed by atoms with Gasteiger partial charge < -0.3 is 10.1 Å². The smallest absolute Gasteiger partial charge is 0.310 e. The first-order valence-corrected chi connectivity index (χ1v) is 6.63. The Kier molecular flexibility index (Phi) is 5.46. The van der Waals surface area contributed by atoms with Crippen LogP contribution in [0, 0.1) is 0 Å². The summed E-state index contributed by atoms with van der Waals surface area (Å²) in [4.78, 5) is 27.1. The van der Waals surface area contributed by atoms with E-state index in [4.69, 9.17) is 4.74 Å². The highest BCUT2D eigenvalue weighted by Crippen LogP contribution is 2.00. The van der Waals surface area contributed by atoms with Gasteiger partial charge >= 0.3 is 5.97 Å². The number of nitrogens with zero attached hydrogens (tertiary/aromatic N) is 1. The molecule has 5 heteroatoms. The van der Waals surface area contributed by atoms with Crippen LogP contribution in [0.5, 0.6) is 0 Å². The van der Waals surface area contributed by atoms with Gasteiger partial charge in [0.2, 0.25) is 0 Å². The van der Waals surface area contributed by atoms with E-state index in [9.17, 15) is 9.59 Å². The molecule has 0 aliphatic rings. The highest BCUT2D eigenvalue weighted by atomic mass is 16.5. The molecule has 21 heavy (non-hydrogen) atoms. The molecule has 0 bridgehead atoms. The zero-order valence-electron chi connectivity index (χ0n) is 11.5. The van der Waals surface area contributed by atoms with E-state index in [2.05, 4.69) is 10.3 Å². The first kappa shape index (κ1) is 14.7. The Balaban J connectivity index is 1.66. The van der Waals surface area contributed by atoms with Crippen molar-refractivity contribution < 1.29 is 14.3 Å². The topological polar surface area (TPSA) is 68.3 Å². The third kappa shape index (κ3) is 5.06. The summed E-state index contributed by atoms with van der Waals surface area (Å²) in [5.41, 5.74) is 1.38. The number of hydrogen-bond donors (Lipinski definition) is 1. The number of nitrogens with one attached hydrogen (secondary N) is 1. The largest absolute Gasteiger partial charge is 0.464 e. The predicted octanol–water partition coefficient (Wildman–Crippen LogP) is 1.60. The summed E-state index contributed by atoms with van der Waals surface area (Å²) in [6.07, 6.45) is 3.32. The minimum Gasteiger partial charge on any atom is -0.464 e. The molecule has 1 amide bonds. The predicted molar refractivity (Wildman–Crippen MR) is 77.7 cm³/mol. The van der Waals surface area contributed by atoms with Crippen molar-refractivity contribution in [2.24, 2.45) is 0 Å². The van der Waals surface area contributed by atoms with Crippen LogP contribution in [0.25, 0.3) is 0 Å². The van der Waals surface area contributed by atoms with Crippen molar-refractivity contribution in [1.82, 2.24) is 10.3 Å². The average molecular weight is 284 g/mol. The maximum absolute atomic E-state index is 11.7. The van der Waals surface area contributed by atoms with E-state index in [1.54, 1.807) is 18.3 Å². The van der Waals surface area contributed by atoms with Crippen LogP contribution in [0.3, 0.4) is 0 Å². The van der Waals surface area contributed by atoms with Crippen LogP contribution < -0.4 is 5.32 Å². The SMILES string of the molecule is O=C(Cc1ccccc1)OCCNC(=O)c1cccnc1. The van der Waals surface area contributed by atoms with E-state index < -0.39 is 0 Å². The second kappa shape index (κ2) is 7.79. The average Bonchev–Trinajstić information content (AvgIpc) is 2.53. The molecule has 1 aromatic carbocycles. The molecule has 2 rings (SSSR count). The molecule has 0 unspecified atom stereocenters. The molecule has 2 aromatic rings. The molecular formula is C16H16N2O3. The Hall–Kier alpha value is -2.69. The summed E-state index contributed by atoms with van der Waals surface area (Å²) in [5.74, 6) is -0.543. The van der Waals surface area contributed by atoms with Gasteiger partial charge in [-0.25, -0.2) is 0 Å². The Morgan fingerprint density at radius 3 is 2.62 bits per heavy atom. The van der Waals surface area contributed by atoms with Gasteiger partial charge in [0.15, 0.2) is 0 Å². The number of benzene rings is 1. The van der Waals surface area contributed by atoms with Gasteiger partial charge in [-0.05, 0) is 17.7 Å². The first-order chi connectivity index (χ1) is 10.3. The van der Waals surface area contributed by atoms with Crippen LogP contribution in [-0.2, 0) is 16.0 Å². The third-order valence-corrected chi connectivity index (χ3v) is 2.77. The van der Waals surface area contributed by atoms with Crippen LogP contribution in [0.1, 0.15) is 15.9 Å². The second-order valence-electron chi connectivity index (χ2n) is 4.38. The molecule has 0 radical (unpaired) electrons. The van der Waals surface area contributed by atoms with Crippen molar-refractivity contribution in [2.45, 2.75) is 6.42 Å². The summed E-state index contributed by atoms with van der Waals surface area (Å²) in [7, 11) is 0. The Morgan fingerprint density at radius 2 is 1.90 bits per heavy atom. The van der Waals surface area contributed by atoms with E-state index in [0.29, 0.717) is 5.56 Å². The number of amides is 1. The molecule has 108 valence electrons. The van der Waals surface area contributed by atoms with Crippen molar-refractivity contribution in [3.63, 3.8) is 0 Å². The zero-order chi connectivity index (χ0) is 14.9. The first-order valence-electron chi connectivity index (χ1n) is 6.63. The zero-order valence-corrected chi connectivity index (χ0v) is 11.5. The quantitative estimate of drug-likeness (QED) is 0.646. The van der Waals surface area contributed by atoms with Gasteiger partial charge in [-0.3, -0.25) is 14.6 Å². The maximum atomic E-state index is 11.7. The molecule has 0 aliphatic carbocycles. The molecule has 1 aromatic heterocycles. The van der Waals surface area contributed by atoms with Crippen LogP contribution in [-0.4, -0.2) is 30.0 Å². The van der Waals surface area contributed by atoms with Crippen molar-refractivity contribution in [2.75, 3.05) is 13.2 Å². The lowest BCUT2D eigenvalue weighted by Crippen LogP contribution is -2.28. The van der Waals surface area contributed by atoms with Gasteiger partial charge in [-0.1, -0.05) is 30.3 Å². The van der Waals surface area contributed by atoms with Crippen molar-refractivity contribution >= 4 is 11.9 Å². The maximum Gasteiger partial charge on any atom is 0.310 e. The Labute approximate surface area is 123 Å². The number of ether oxygens (including phenoxy) is 1. The molecule has 0 spiro atoms. The number of aromatic nitrogens is 1. The number of carbonyl (C=O) groups excluding carboxylic acids is 2. The summed E-state index contributed by atoms with van der Waals surface area (Å²) in [6, 6.07) is 12.7. The van der Waals surface area contributed by atoms with Gasteiger partial charge in [0.1, 0.15) is 6.61 Å². The standard InChI is InChI=1S/C16H16N2O3/c19-15(11-13-5-2-1-3-6-13)21-10-9-18-16(20)14-7-4-8-17-12-14/h1-8,12H,9-11H2,(H,18,20). The number of carbonyl (C=O) groups is 2. The number of rotatable bonds is 6. The fourth-order valence-corrected chi connectivity index (χ4v) is 1.74. The molecule has 0 aliphatic heterocycles. The van der Waals surface area contributed by atoms with Gasteiger partial charge in [-0.2, -0.15) is 0 Å².